The number of para-hydroxylation sites is 2. The average Bonchev–Trinajstić information content (AvgIpc) is 3.18. The molecule has 1 atom stereocenters. The van der Waals surface area contributed by atoms with Crippen molar-refractivity contribution in [3.05, 3.63) is 65.5 Å². The highest BCUT2D eigenvalue weighted by molar-refractivity contribution is 7.84. The van der Waals surface area contributed by atoms with Gasteiger partial charge in [-0.2, -0.15) is 4.98 Å². The summed E-state index contributed by atoms with van der Waals surface area (Å²) in [5, 5.41) is 9.15. The Bertz CT molecular complexity index is 1400. The van der Waals surface area contributed by atoms with Crippen molar-refractivity contribution in [1.82, 2.24) is 24.6 Å². The Morgan fingerprint density at radius 1 is 1.09 bits per heavy atom. The van der Waals surface area contributed by atoms with E-state index in [1.165, 1.54) is 4.57 Å². The second-order valence-corrected chi connectivity index (χ2v) is 8.58. The van der Waals surface area contributed by atoms with E-state index < -0.39 is 10.8 Å². The summed E-state index contributed by atoms with van der Waals surface area (Å²) in [5.74, 6) is 0.0867. The number of hydrogen-bond donors (Lipinski definition) is 0. The van der Waals surface area contributed by atoms with Crippen LogP contribution in [0.5, 0.6) is 0 Å². The molecule has 1 fully saturated rings. The molecule has 0 bridgehead atoms. The fourth-order valence-corrected chi connectivity index (χ4v) is 4.73. The average molecular weight is 446 g/mol. The topological polar surface area (TPSA) is 94.6 Å². The number of fused-ring (bicyclic) bond motifs is 3. The smallest absolute Gasteiger partial charge is 0.330 e. The van der Waals surface area contributed by atoms with Crippen LogP contribution >= 0.6 is 0 Å². The first-order chi connectivity index (χ1) is 15.7. The zero-order valence-electron chi connectivity index (χ0n) is 17.0. The quantitative estimate of drug-likeness (QED) is 0.449. The Morgan fingerprint density at radius 3 is 2.66 bits per heavy atom. The van der Waals surface area contributed by atoms with Crippen molar-refractivity contribution < 1.29 is 13.7 Å². The first-order valence-corrected chi connectivity index (χ1v) is 11.3. The summed E-state index contributed by atoms with van der Waals surface area (Å²) in [6, 6.07) is 14.2. The second kappa shape index (κ2) is 8.45. The van der Waals surface area contributed by atoms with Gasteiger partial charge in [0.15, 0.2) is 11.3 Å². The number of benzene rings is 2. The number of carbonyl (C=O) groups excluding carboxylic acids is 1. The van der Waals surface area contributed by atoms with Crippen LogP contribution in [-0.2, 0) is 21.3 Å². The van der Waals surface area contributed by atoms with Crippen LogP contribution in [0.1, 0.15) is 5.56 Å². The van der Waals surface area contributed by atoms with Crippen molar-refractivity contribution >= 4 is 44.6 Å². The van der Waals surface area contributed by atoms with E-state index in [2.05, 4.69) is 20.0 Å². The number of nitrogens with zero attached hydrogens (tertiary/aromatic N) is 6. The van der Waals surface area contributed by atoms with E-state index in [1.54, 1.807) is 29.2 Å². The predicted molar refractivity (Wildman–Crippen MR) is 119 cm³/mol. The fraction of sp³-hybridized carbons (Fsp3) is 0.227. The molecule has 2 aromatic carbocycles. The summed E-state index contributed by atoms with van der Waals surface area (Å²) >= 11 is 0. The molecule has 1 saturated heterocycles. The molecule has 0 N–H and O–H groups in total. The number of ether oxygens (including phenoxy) is 1. The van der Waals surface area contributed by atoms with Crippen molar-refractivity contribution in [2.75, 3.05) is 26.3 Å². The summed E-state index contributed by atoms with van der Waals surface area (Å²) in [4.78, 5) is 23.1. The number of morpholine rings is 1. The SMILES string of the molecule is [C-]#[N+]c1ccccc1CS(=O)c1nnc2c3ccccc3n(C(=O)N3CCOCC3)c2n1. The Labute approximate surface area is 185 Å². The van der Waals surface area contributed by atoms with E-state index in [9.17, 15) is 9.00 Å². The van der Waals surface area contributed by atoms with Crippen LogP contribution in [0, 0.1) is 6.57 Å². The van der Waals surface area contributed by atoms with E-state index in [0.29, 0.717) is 54.2 Å². The molecule has 10 heteroatoms. The van der Waals surface area contributed by atoms with Gasteiger partial charge in [0.2, 0.25) is 5.16 Å². The molecule has 0 radical (unpaired) electrons. The minimum Gasteiger partial charge on any atom is -0.378 e. The van der Waals surface area contributed by atoms with Gasteiger partial charge in [0.25, 0.3) is 0 Å². The molecule has 2 aromatic heterocycles. The van der Waals surface area contributed by atoms with Gasteiger partial charge in [0.05, 0.1) is 36.1 Å². The summed E-state index contributed by atoms with van der Waals surface area (Å²) in [6.07, 6.45) is 0. The monoisotopic (exact) mass is 446 g/mol. The number of amides is 1. The van der Waals surface area contributed by atoms with E-state index >= 15 is 0 Å². The van der Waals surface area contributed by atoms with Gasteiger partial charge in [0.1, 0.15) is 5.52 Å². The number of carbonyl (C=O) groups is 1. The Balaban J connectivity index is 1.60. The van der Waals surface area contributed by atoms with Crippen molar-refractivity contribution in [2.45, 2.75) is 10.9 Å². The van der Waals surface area contributed by atoms with Gasteiger partial charge in [-0.15, -0.1) is 10.2 Å². The molecule has 1 amide bonds. The molecule has 0 saturated carbocycles. The molecule has 1 aliphatic rings. The van der Waals surface area contributed by atoms with Gasteiger partial charge in [-0.1, -0.05) is 42.5 Å². The van der Waals surface area contributed by atoms with Gasteiger partial charge >= 0.3 is 6.03 Å². The van der Waals surface area contributed by atoms with Crippen LogP contribution in [0.25, 0.3) is 26.9 Å². The van der Waals surface area contributed by atoms with Crippen LogP contribution < -0.4 is 0 Å². The normalized spacial score (nSPS) is 15.0. The number of rotatable bonds is 3. The molecule has 1 aliphatic heterocycles. The largest absolute Gasteiger partial charge is 0.378 e. The Morgan fingerprint density at radius 2 is 1.84 bits per heavy atom. The maximum Gasteiger partial charge on any atom is 0.330 e. The molecular weight excluding hydrogens is 428 g/mol. The summed E-state index contributed by atoms with van der Waals surface area (Å²) in [5.41, 5.74) is 2.55. The summed E-state index contributed by atoms with van der Waals surface area (Å²) < 4.78 is 19.9. The van der Waals surface area contributed by atoms with E-state index in [4.69, 9.17) is 11.3 Å². The van der Waals surface area contributed by atoms with Gasteiger partial charge in [-0.3, -0.25) is 4.21 Å². The Kier molecular flexibility index (Phi) is 5.34. The van der Waals surface area contributed by atoms with E-state index in [1.807, 2.05) is 24.3 Å². The third kappa shape index (κ3) is 3.51. The van der Waals surface area contributed by atoms with E-state index in [0.717, 1.165) is 5.39 Å². The zero-order chi connectivity index (χ0) is 22.1. The molecule has 0 spiro atoms. The van der Waals surface area contributed by atoms with E-state index in [-0.39, 0.29) is 16.9 Å². The molecule has 32 heavy (non-hydrogen) atoms. The van der Waals surface area contributed by atoms with Crippen LogP contribution in [-0.4, -0.2) is 61.2 Å². The minimum atomic E-state index is -1.64. The second-order valence-electron chi connectivity index (χ2n) is 7.23. The first-order valence-electron chi connectivity index (χ1n) is 10.0. The predicted octanol–water partition coefficient (Wildman–Crippen LogP) is 3.14. The lowest BCUT2D eigenvalue weighted by molar-refractivity contribution is 0.0539. The third-order valence-electron chi connectivity index (χ3n) is 5.34. The van der Waals surface area contributed by atoms with Gasteiger partial charge in [0, 0.05) is 24.2 Å². The highest BCUT2D eigenvalue weighted by Gasteiger charge is 2.25. The maximum atomic E-state index is 13.4. The lowest BCUT2D eigenvalue weighted by atomic mass is 10.2. The van der Waals surface area contributed by atoms with Gasteiger partial charge in [-0.05, 0) is 11.6 Å². The van der Waals surface area contributed by atoms with Crippen molar-refractivity contribution in [1.29, 1.82) is 0 Å². The third-order valence-corrected chi connectivity index (χ3v) is 6.49. The highest BCUT2D eigenvalue weighted by atomic mass is 32.2. The van der Waals surface area contributed by atoms with Gasteiger partial charge < -0.3 is 9.64 Å². The standard InChI is InChI=1S/C22H18N6O3S/c1-23-17-8-4-2-6-15(17)14-32(30)21-24-20-19(25-26-21)16-7-3-5-9-18(16)28(20)22(29)27-10-12-31-13-11-27/h2-9H,10-14H2. The van der Waals surface area contributed by atoms with Crippen molar-refractivity contribution in [3.8, 4) is 0 Å². The van der Waals surface area contributed by atoms with Crippen molar-refractivity contribution in [2.24, 2.45) is 0 Å². The molecule has 4 aromatic rings. The minimum absolute atomic E-state index is 0.0242. The molecule has 3 heterocycles. The van der Waals surface area contributed by atoms with Crippen LogP contribution in [0.2, 0.25) is 0 Å². The maximum absolute atomic E-state index is 13.4. The lowest BCUT2D eigenvalue weighted by Gasteiger charge is -2.27. The van der Waals surface area contributed by atoms with Crippen LogP contribution in [0.15, 0.2) is 53.7 Å². The molecule has 160 valence electrons. The zero-order valence-corrected chi connectivity index (χ0v) is 17.8. The fourth-order valence-electron chi connectivity index (χ4n) is 3.75. The number of hydrogen-bond acceptors (Lipinski definition) is 6. The molecule has 5 rings (SSSR count). The molecule has 9 nitrogen and oxygen atoms in total. The lowest BCUT2D eigenvalue weighted by Crippen LogP contribution is -2.42. The highest BCUT2D eigenvalue weighted by Crippen LogP contribution is 2.27. The molecular formula is C22H18N6O3S. The summed E-state index contributed by atoms with van der Waals surface area (Å²) in [6.45, 7) is 9.23. The number of aromatic nitrogens is 4. The molecule has 1 unspecified atom stereocenters. The van der Waals surface area contributed by atoms with Crippen LogP contribution in [0.3, 0.4) is 0 Å². The Hall–Kier alpha value is -3.68. The molecule has 0 aliphatic carbocycles. The van der Waals surface area contributed by atoms with Gasteiger partial charge in [-0.25, -0.2) is 14.2 Å². The first kappa shape index (κ1) is 20.2. The van der Waals surface area contributed by atoms with Crippen LogP contribution in [0.4, 0.5) is 10.5 Å². The summed E-state index contributed by atoms with van der Waals surface area (Å²) in [7, 11) is -1.64. The van der Waals surface area contributed by atoms with Crippen molar-refractivity contribution in [3.63, 3.8) is 0 Å².